The zero-order valence-electron chi connectivity index (χ0n) is 12.4. The maximum atomic E-state index is 11.1. The van der Waals surface area contributed by atoms with Gasteiger partial charge in [0.15, 0.2) is 0 Å². The maximum absolute atomic E-state index is 11.1. The van der Waals surface area contributed by atoms with Crippen molar-refractivity contribution in [1.29, 1.82) is 0 Å². The first-order chi connectivity index (χ1) is 11.0. The summed E-state index contributed by atoms with van der Waals surface area (Å²) in [6, 6.07) is 11.0. The largest absolute Gasteiger partial charge is 0.478 e. The van der Waals surface area contributed by atoms with Crippen molar-refractivity contribution in [2.24, 2.45) is 10.2 Å². The minimum atomic E-state index is -0.992. The molecule has 0 aliphatic rings. The summed E-state index contributed by atoms with van der Waals surface area (Å²) in [4.78, 5) is 21.9. The van der Waals surface area contributed by atoms with Crippen LogP contribution in [0.5, 0.6) is 5.75 Å². The molecule has 0 heterocycles. The quantitative estimate of drug-likeness (QED) is 0.388. The highest BCUT2D eigenvalue weighted by Crippen LogP contribution is 2.26. The van der Waals surface area contributed by atoms with E-state index in [1.807, 2.05) is 6.92 Å². The Labute approximate surface area is 132 Å². The van der Waals surface area contributed by atoms with Gasteiger partial charge in [0.25, 0.3) is 0 Å². The molecule has 0 aliphatic carbocycles. The first-order valence-electron chi connectivity index (χ1n) is 6.69. The van der Waals surface area contributed by atoms with Crippen LogP contribution in [0.2, 0.25) is 0 Å². The van der Waals surface area contributed by atoms with Crippen LogP contribution < -0.4 is 4.74 Å². The number of hydrogen-bond acceptors (Lipinski definition) is 5. The van der Waals surface area contributed by atoms with Gasteiger partial charge >= 0.3 is 11.9 Å². The van der Waals surface area contributed by atoms with E-state index in [0.717, 1.165) is 11.6 Å². The molecule has 23 heavy (non-hydrogen) atoms. The number of ether oxygens (including phenoxy) is 1. The lowest BCUT2D eigenvalue weighted by molar-refractivity contribution is -0.128. The standard InChI is InChI=1S/C17H14N2O4/c1-3-16(20)23-14-8-9-15(11(2)10-14)19-18-13-6-4-12(5-7-13)17(21)22/h3-10H,1H2,2H3,(H,21,22). The monoisotopic (exact) mass is 310 g/mol. The van der Waals surface area contributed by atoms with Crippen molar-refractivity contribution < 1.29 is 19.4 Å². The molecule has 6 heteroatoms. The molecule has 0 fully saturated rings. The lowest BCUT2D eigenvalue weighted by Crippen LogP contribution is -2.02. The minimum Gasteiger partial charge on any atom is -0.478 e. The number of benzene rings is 2. The fraction of sp³-hybridized carbons (Fsp3) is 0.0588. The molecule has 1 N–H and O–H groups in total. The third-order valence-corrected chi connectivity index (χ3v) is 2.94. The molecule has 6 nitrogen and oxygen atoms in total. The van der Waals surface area contributed by atoms with E-state index < -0.39 is 11.9 Å². The van der Waals surface area contributed by atoms with E-state index in [2.05, 4.69) is 16.8 Å². The van der Waals surface area contributed by atoms with Gasteiger partial charge in [0.05, 0.1) is 16.9 Å². The zero-order chi connectivity index (χ0) is 16.8. The van der Waals surface area contributed by atoms with E-state index in [1.54, 1.807) is 30.3 Å². The molecule has 0 saturated carbocycles. The van der Waals surface area contributed by atoms with Crippen LogP contribution in [0, 0.1) is 6.92 Å². The summed E-state index contributed by atoms with van der Waals surface area (Å²) in [7, 11) is 0. The Morgan fingerprint density at radius 1 is 1.13 bits per heavy atom. The Morgan fingerprint density at radius 3 is 2.39 bits per heavy atom. The molecule has 0 aliphatic heterocycles. The van der Waals surface area contributed by atoms with Crippen LogP contribution in [0.15, 0.2) is 65.3 Å². The number of carbonyl (C=O) groups excluding carboxylic acids is 1. The number of azo groups is 1. The summed E-state index contributed by atoms with van der Waals surface area (Å²) in [5.41, 5.74) is 2.13. The molecule has 0 atom stereocenters. The molecule has 0 aromatic heterocycles. The van der Waals surface area contributed by atoms with Crippen LogP contribution in [-0.4, -0.2) is 17.0 Å². The lowest BCUT2D eigenvalue weighted by Gasteiger charge is -2.04. The first-order valence-corrected chi connectivity index (χ1v) is 6.69. The molecule has 0 radical (unpaired) electrons. The van der Waals surface area contributed by atoms with Gasteiger partial charge in [0.2, 0.25) is 0 Å². The molecule has 0 saturated heterocycles. The van der Waals surface area contributed by atoms with E-state index in [-0.39, 0.29) is 5.56 Å². The third-order valence-electron chi connectivity index (χ3n) is 2.94. The van der Waals surface area contributed by atoms with Gasteiger partial charge in [0.1, 0.15) is 5.75 Å². The topological polar surface area (TPSA) is 88.3 Å². The predicted molar refractivity (Wildman–Crippen MR) is 84.6 cm³/mol. The predicted octanol–water partition coefficient (Wildman–Crippen LogP) is 4.20. The van der Waals surface area contributed by atoms with Gasteiger partial charge < -0.3 is 9.84 Å². The number of carboxylic acids is 1. The second-order valence-electron chi connectivity index (χ2n) is 4.63. The van der Waals surface area contributed by atoms with Crippen LogP contribution in [0.1, 0.15) is 15.9 Å². The SMILES string of the molecule is C=CC(=O)Oc1ccc(N=Nc2ccc(C(=O)O)cc2)c(C)c1. The van der Waals surface area contributed by atoms with Crippen molar-refractivity contribution in [3.63, 3.8) is 0 Å². The summed E-state index contributed by atoms with van der Waals surface area (Å²) >= 11 is 0. The Hall–Kier alpha value is -3.28. The fourth-order valence-corrected chi connectivity index (χ4v) is 1.74. The summed E-state index contributed by atoms with van der Waals surface area (Å²) in [6.45, 7) is 5.14. The van der Waals surface area contributed by atoms with Crippen LogP contribution in [0.4, 0.5) is 11.4 Å². The van der Waals surface area contributed by atoms with Crippen molar-refractivity contribution >= 4 is 23.3 Å². The molecule has 2 rings (SSSR count). The van der Waals surface area contributed by atoms with Crippen molar-refractivity contribution in [3.05, 3.63) is 66.2 Å². The summed E-state index contributed by atoms with van der Waals surface area (Å²) in [5.74, 6) is -1.12. The molecule has 0 spiro atoms. The van der Waals surface area contributed by atoms with Gasteiger partial charge in [-0.15, -0.1) is 0 Å². The van der Waals surface area contributed by atoms with Crippen LogP contribution in [0.3, 0.4) is 0 Å². The number of carboxylic acid groups (broad SMARTS) is 1. The van der Waals surface area contributed by atoms with Gasteiger partial charge in [-0.3, -0.25) is 0 Å². The molecule has 0 bridgehead atoms. The first kappa shape index (κ1) is 16.1. The molecule has 2 aromatic rings. The number of carbonyl (C=O) groups is 2. The van der Waals surface area contributed by atoms with Crippen molar-refractivity contribution in [2.45, 2.75) is 6.92 Å². The van der Waals surface area contributed by atoms with Crippen molar-refractivity contribution in [3.8, 4) is 5.75 Å². The molecular weight excluding hydrogens is 296 g/mol. The van der Waals surface area contributed by atoms with Crippen molar-refractivity contribution in [1.82, 2.24) is 0 Å². The Kier molecular flexibility index (Phi) is 4.99. The van der Waals surface area contributed by atoms with E-state index in [1.165, 1.54) is 12.1 Å². The maximum Gasteiger partial charge on any atom is 0.335 e. The molecule has 2 aromatic carbocycles. The summed E-state index contributed by atoms with van der Waals surface area (Å²) in [6.07, 6.45) is 1.09. The van der Waals surface area contributed by atoms with E-state index in [4.69, 9.17) is 9.84 Å². The van der Waals surface area contributed by atoms with Crippen molar-refractivity contribution in [2.75, 3.05) is 0 Å². The van der Waals surface area contributed by atoms with E-state index in [9.17, 15) is 9.59 Å². The number of rotatable bonds is 5. The van der Waals surface area contributed by atoms with Gasteiger partial charge in [-0.1, -0.05) is 6.58 Å². The highest BCUT2D eigenvalue weighted by atomic mass is 16.5. The highest BCUT2D eigenvalue weighted by molar-refractivity contribution is 5.87. The average molecular weight is 310 g/mol. The normalized spacial score (nSPS) is 10.5. The number of nitrogens with zero attached hydrogens (tertiary/aromatic N) is 2. The van der Waals surface area contributed by atoms with Gasteiger partial charge in [-0.2, -0.15) is 10.2 Å². The number of aryl methyl sites for hydroxylation is 1. The zero-order valence-corrected chi connectivity index (χ0v) is 12.4. The summed E-state index contributed by atoms with van der Waals surface area (Å²) < 4.78 is 5.01. The van der Waals surface area contributed by atoms with Gasteiger partial charge in [0, 0.05) is 6.08 Å². The Balaban J connectivity index is 2.14. The molecule has 0 unspecified atom stereocenters. The summed E-state index contributed by atoms with van der Waals surface area (Å²) in [5, 5.41) is 17.0. The highest BCUT2D eigenvalue weighted by Gasteiger charge is 2.04. The molecule has 0 amide bonds. The number of esters is 1. The lowest BCUT2D eigenvalue weighted by atomic mass is 10.2. The Morgan fingerprint density at radius 2 is 1.83 bits per heavy atom. The van der Waals surface area contributed by atoms with E-state index >= 15 is 0 Å². The Bertz CT molecular complexity index is 780. The second kappa shape index (κ2) is 7.13. The average Bonchev–Trinajstić information content (AvgIpc) is 2.54. The van der Waals surface area contributed by atoms with Crippen LogP contribution in [0.25, 0.3) is 0 Å². The molecule has 116 valence electrons. The second-order valence-corrected chi connectivity index (χ2v) is 4.63. The number of hydrogen-bond donors (Lipinski definition) is 1. The van der Waals surface area contributed by atoms with Gasteiger partial charge in [-0.05, 0) is 55.0 Å². The number of aromatic carboxylic acids is 1. The fourth-order valence-electron chi connectivity index (χ4n) is 1.74. The van der Waals surface area contributed by atoms with Crippen LogP contribution >= 0.6 is 0 Å². The third kappa shape index (κ3) is 4.34. The van der Waals surface area contributed by atoms with Gasteiger partial charge in [-0.25, -0.2) is 9.59 Å². The molecular formula is C17H14N2O4. The minimum absolute atomic E-state index is 0.188. The van der Waals surface area contributed by atoms with E-state index in [0.29, 0.717) is 17.1 Å². The van der Waals surface area contributed by atoms with Crippen LogP contribution in [-0.2, 0) is 4.79 Å². The smallest absolute Gasteiger partial charge is 0.335 e.